The van der Waals surface area contributed by atoms with Crippen molar-refractivity contribution in [1.29, 1.82) is 5.26 Å². The van der Waals surface area contributed by atoms with Gasteiger partial charge in [-0.05, 0) is 31.5 Å². The second-order valence-electron chi connectivity index (χ2n) is 6.45. The first kappa shape index (κ1) is 19.1. The van der Waals surface area contributed by atoms with Gasteiger partial charge >= 0.3 is 0 Å². The van der Waals surface area contributed by atoms with Crippen molar-refractivity contribution in [2.24, 2.45) is 7.05 Å². The summed E-state index contributed by atoms with van der Waals surface area (Å²) in [5.41, 5.74) is 8.13. The summed E-state index contributed by atoms with van der Waals surface area (Å²) in [7, 11) is 1.77. The van der Waals surface area contributed by atoms with E-state index in [1.807, 2.05) is 55.5 Å². The zero-order valence-electron chi connectivity index (χ0n) is 15.9. The summed E-state index contributed by atoms with van der Waals surface area (Å²) in [5.74, 6) is -0.356. The lowest BCUT2D eigenvalue weighted by molar-refractivity contribution is 0.0968. The van der Waals surface area contributed by atoms with E-state index < -0.39 is 6.04 Å². The molecule has 0 saturated carbocycles. The highest BCUT2D eigenvalue weighted by atomic mass is 16.1. The van der Waals surface area contributed by atoms with Gasteiger partial charge < -0.3 is 5.43 Å². The summed E-state index contributed by atoms with van der Waals surface area (Å²) in [6.45, 7) is 3.60. The molecule has 0 bridgehead atoms. The predicted octanol–water partition coefficient (Wildman–Crippen LogP) is 2.73. The number of carbonyl (C=O) groups is 1. The lowest BCUT2D eigenvalue weighted by Crippen LogP contribution is -2.40. The Morgan fingerprint density at radius 1 is 1.11 bits per heavy atom. The molecule has 0 aliphatic carbocycles. The molecule has 0 aliphatic heterocycles. The number of para-hydroxylation sites is 1. The number of hydrazine groups is 1. The van der Waals surface area contributed by atoms with E-state index in [2.05, 4.69) is 10.9 Å². The van der Waals surface area contributed by atoms with Gasteiger partial charge in [-0.15, -0.1) is 0 Å². The Morgan fingerprint density at radius 2 is 1.75 bits per heavy atom. The molecule has 1 unspecified atom stereocenters. The number of benzene rings is 2. The normalized spacial score (nSPS) is 11.6. The fourth-order valence-electron chi connectivity index (χ4n) is 3.02. The van der Waals surface area contributed by atoms with E-state index in [0.29, 0.717) is 11.3 Å². The molecule has 7 nitrogen and oxygen atoms in total. The van der Waals surface area contributed by atoms with E-state index >= 15 is 0 Å². The van der Waals surface area contributed by atoms with Crippen molar-refractivity contribution >= 4 is 11.5 Å². The van der Waals surface area contributed by atoms with Crippen LogP contribution < -0.4 is 16.4 Å². The molecule has 0 spiro atoms. The van der Waals surface area contributed by atoms with Gasteiger partial charge in [0.15, 0.2) is 11.8 Å². The maximum absolute atomic E-state index is 12.9. The number of aromatic nitrogens is 2. The highest BCUT2D eigenvalue weighted by Crippen LogP contribution is 2.14. The van der Waals surface area contributed by atoms with Crippen LogP contribution in [0.25, 0.3) is 5.69 Å². The van der Waals surface area contributed by atoms with Gasteiger partial charge in [-0.1, -0.05) is 42.5 Å². The second kappa shape index (κ2) is 7.94. The Balaban J connectivity index is 0.00000300. The Bertz CT molecular complexity index is 1110. The zero-order valence-corrected chi connectivity index (χ0v) is 15.9. The number of anilines is 1. The molecule has 0 fully saturated rings. The van der Waals surface area contributed by atoms with Crippen LogP contribution in [0.5, 0.6) is 0 Å². The average molecular weight is 377 g/mol. The van der Waals surface area contributed by atoms with E-state index in [1.165, 1.54) is 4.68 Å². The van der Waals surface area contributed by atoms with Crippen molar-refractivity contribution < 1.29 is 6.22 Å². The molecule has 2 aromatic carbocycles. The molecule has 0 saturated heterocycles. The van der Waals surface area contributed by atoms with E-state index in [-0.39, 0.29) is 18.5 Å². The maximum Gasteiger partial charge on any atom is 0.296 e. The van der Waals surface area contributed by atoms with Crippen LogP contribution in [0, 0.1) is 25.2 Å². The van der Waals surface area contributed by atoms with Crippen molar-refractivity contribution in [1.82, 2.24) is 14.8 Å². The Kier molecular flexibility index (Phi) is 5.43. The molecule has 144 valence electrons. The van der Waals surface area contributed by atoms with Crippen LogP contribution in [-0.4, -0.2) is 21.2 Å². The largest absolute Gasteiger partial charge is 0.313 e. The minimum absolute atomic E-state index is 0. The van der Waals surface area contributed by atoms with Gasteiger partial charge in [0.05, 0.1) is 17.5 Å². The van der Waals surface area contributed by atoms with Crippen molar-refractivity contribution in [2.45, 2.75) is 19.9 Å². The van der Waals surface area contributed by atoms with Crippen LogP contribution in [0.15, 0.2) is 59.4 Å². The Morgan fingerprint density at radius 3 is 2.39 bits per heavy atom. The van der Waals surface area contributed by atoms with Crippen LogP contribution >= 0.6 is 0 Å². The minimum atomic E-state index is -1.13. The van der Waals surface area contributed by atoms with Gasteiger partial charge in [-0.25, -0.2) is 10.1 Å². The molecule has 1 heterocycles. The number of nitrogens with one attached hydrogen (secondary N) is 2. The standard InChI is InChI=1S/C21H21N5O2.H2/c1-14-9-7-8-12-17(14)20(27)18(13-22)23-24-19-15(2)25(3)26(21(19)28)16-10-5-4-6-11-16;/h4-12,18,23-24H,1-3H3;1H. The van der Waals surface area contributed by atoms with Crippen LogP contribution in [0.2, 0.25) is 0 Å². The summed E-state index contributed by atoms with van der Waals surface area (Å²) >= 11 is 0. The number of aryl methyl sites for hydroxylation is 1. The molecule has 1 aromatic heterocycles. The van der Waals surface area contributed by atoms with Crippen molar-refractivity contribution in [3.63, 3.8) is 0 Å². The molecule has 2 N–H and O–H groups in total. The number of carbonyl (C=O) groups excluding carboxylic acids is 1. The third-order valence-electron chi connectivity index (χ3n) is 4.70. The van der Waals surface area contributed by atoms with E-state index in [0.717, 1.165) is 11.3 Å². The smallest absolute Gasteiger partial charge is 0.296 e. The lowest BCUT2D eigenvalue weighted by Gasteiger charge is -2.13. The fraction of sp³-hybridized carbons (Fsp3) is 0.190. The number of hydrogen-bond donors (Lipinski definition) is 2. The highest BCUT2D eigenvalue weighted by molar-refractivity contribution is 6.03. The van der Waals surface area contributed by atoms with Gasteiger partial charge in [0, 0.05) is 14.0 Å². The highest BCUT2D eigenvalue weighted by Gasteiger charge is 2.22. The van der Waals surface area contributed by atoms with E-state index in [4.69, 9.17) is 0 Å². The minimum Gasteiger partial charge on any atom is -0.313 e. The number of rotatable bonds is 6. The van der Waals surface area contributed by atoms with Gasteiger partial charge in [0.25, 0.3) is 5.56 Å². The van der Waals surface area contributed by atoms with E-state index in [1.54, 1.807) is 30.8 Å². The van der Waals surface area contributed by atoms with Gasteiger partial charge in [0.2, 0.25) is 0 Å². The van der Waals surface area contributed by atoms with Crippen LogP contribution in [0.3, 0.4) is 0 Å². The third kappa shape index (κ3) is 3.46. The Hall–Kier alpha value is -3.63. The lowest BCUT2D eigenvalue weighted by atomic mass is 10.0. The topological polar surface area (TPSA) is 91.8 Å². The maximum atomic E-state index is 12.9. The molecule has 3 aromatic rings. The first-order chi connectivity index (χ1) is 13.5. The molecule has 7 heteroatoms. The zero-order chi connectivity index (χ0) is 20.3. The number of nitrogens with zero attached hydrogens (tertiary/aromatic N) is 3. The van der Waals surface area contributed by atoms with E-state index in [9.17, 15) is 14.9 Å². The second-order valence-corrected chi connectivity index (χ2v) is 6.45. The predicted molar refractivity (Wildman–Crippen MR) is 110 cm³/mol. The fourth-order valence-corrected chi connectivity index (χ4v) is 3.02. The molecule has 1 atom stereocenters. The van der Waals surface area contributed by atoms with Crippen molar-refractivity contribution in [3.05, 3.63) is 81.8 Å². The quantitative estimate of drug-likeness (QED) is 0.509. The van der Waals surface area contributed by atoms with Crippen LogP contribution in [0.1, 0.15) is 23.0 Å². The summed E-state index contributed by atoms with van der Waals surface area (Å²) in [4.78, 5) is 25.5. The van der Waals surface area contributed by atoms with Crippen LogP contribution in [0.4, 0.5) is 5.69 Å². The Labute approximate surface area is 164 Å². The summed E-state index contributed by atoms with van der Waals surface area (Å²) in [6.07, 6.45) is 0. The molecule has 3 rings (SSSR count). The first-order valence-corrected chi connectivity index (χ1v) is 8.80. The summed E-state index contributed by atoms with van der Waals surface area (Å²) in [6, 6.07) is 17.1. The first-order valence-electron chi connectivity index (χ1n) is 8.80. The van der Waals surface area contributed by atoms with Gasteiger partial charge in [-0.2, -0.15) is 5.26 Å². The summed E-state index contributed by atoms with van der Waals surface area (Å²) < 4.78 is 3.23. The molecular formula is C21H23N5O2. The average Bonchev–Trinajstić information content (AvgIpc) is 2.92. The molecule has 28 heavy (non-hydrogen) atoms. The molecular weight excluding hydrogens is 354 g/mol. The molecule has 0 aliphatic rings. The number of Topliss-reactive ketones (excluding diaryl/α,β-unsaturated/α-hetero) is 1. The monoisotopic (exact) mass is 377 g/mol. The molecule has 0 radical (unpaired) electrons. The van der Waals surface area contributed by atoms with Crippen molar-refractivity contribution in [2.75, 3.05) is 5.43 Å². The summed E-state index contributed by atoms with van der Waals surface area (Å²) in [5, 5.41) is 9.44. The van der Waals surface area contributed by atoms with Crippen molar-refractivity contribution in [3.8, 4) is 11.8 Å². The van der Waals surface area contributed by atoms with Gasteiger partial charge in [-0.3, -0.25) is 14.3 Å². The number of hydrogen-bond acceptors (Lipinski definition) is 5. The van der Waals surface area contributed by atoms with Gasteiger partial charge in [0.1, 0.15) is 5.69 Å². The SMILES string of the molecule is Cc1ccccc1C(=O)C(C#N)NNc1c(C)n(C)n(-c2ccccc2)c1=O.[HH]. The molecule has 0 amide bonds. The number of ketones is 1. The third-order valence-corrected chi connectivity index (χ3v) is 4.70. The van der Waals surface area contributed by atoms with Crippen LogP contribution in [-0.2, 0) is 7.05 Å². The number of nitriles is 1.